The minimum Gasteiger partial charge on any atom is -0.341 e. The third-order valence-electron chi connectivity index (χ3n) is 4.94. The molecule has 4 rings (SSSR count). The molecule has 0 saturated heterocycles. The number of hydrogen-bond acceptors (Lipinski definition) is 3. The molecule has 2 heterocycles. The first-order chi connectivity index (χ1) is 13.4. The van der Waals surface area contributed by atoms with Gasteiger partial charge in [-0.15, -0.1) is 0 Å². The molecule has 0 radical (unpaired) electrons. The summed E-state index contributed by atoms with van der Waals surface area (Å²) in [6.45, 7) is -0.972. The Balaban J connectivity index is 1.61. The van der Waals surface area contributed by atoms with E-state index >= 15 is 0 Å². The maximum absolute atomic E-state index is 14.1. The Hall–Kier alpha value is -3.16. The van der Waals surface area contributed by atoms with Crippen molar-refractivity contribution in [3.63, 3.8) is 0 Å². The number of aryl methyl sites for hydroxylation is 1. The van der Waals surface area contributed by atoms with Crippen molar-refractivity contribution < 1.29 is 18.0 Å². The first-order valence-corrected chi connectivity index (χ1v) is 8.76. The molecule has 1 amide bonds. The average molecular weight is 386 g/mol. The lowest BCUT2D eigenvalue weighted by Gasteiger charge is -2.18. The number of hydrogen-bond donors (Lipinski definition) is 1. The van der Waals surface area contributed by atoms with Crippen LogP contribution in [0, 0.1) is 12.7 Å². The summed E-state index contributed by atoms with van der Waals surface area (Å²) in [5.41, 5.74) is 1.63. The second-order valence-corrected chi connectivity index (χ2v) is 6.89. The van der Waals surface area contributed by atoms with Gasteiger partial charge in [0.2, 0.25) is 0 Å². The van der Waals surface area contributed by atoms with E-state index < -0.39 is 18.0 Å². The lowest BCUT2D eigenvalue weighted by atomic mass is 10.0. The van der Waals surface area contributed by atoms with E-state index in [9.17, 15) is 18.0 Å². The molecule has 2 aromatic heterocycles. The fourth-order valence-electron chi connectivity index (χ4n) is 3.26. The van der Waals surface area contributed by atoms with Crippen LogP contribution in [0.2, 0.25) is 0 Å². The fraction of sp³-hybridized carbons (Fsp3) is 0.250. The van der Waals surface area contributed by atoms with Crippen LogP contribution in [-0.2, 0) is 5.54 Å². The van der Waals surface area contributed by atoms with Crippen LogP contribution >= 0.6 is 0 Å². The highest BCUT2D eigenvalue weighted by Gasteiger charge is 2.47. The molecule has 1 fully saturated rings. The first kappa shape index (κ1) is 18.2. The summed E-state index contributed by atoms with van der Waals surface area (Å²) >= 11 is 0. The molecule has 0 atom stereocenters. The summed E-state index contributed by atoms with van der Waals surface area (Å²) in [6.07, 6.45) is 5.32. The number of carbonyl (C=O) groups excluding carboxylic acids is 1. The summed E-state index contributed by atoms with van der Waals surface area (Å²) in [6, 6.07) is 7.90. The highest BCUT2D eigenvalue weighted by Crippen LogP contribution is 2.46. The van der Waals surface area contributed by atoms with Crippen molar-refractivity contribution in [1.82, 2.24) is 20.1 Å². The van der Waals surface area contributed by atoms with Crippen LogP contribution in [0.25, 0.3) is 11.1 Å². The van der Waals surface area contributed by atoms with Crippen LogP contribution < -0.4 is 5.32 Å². The minimum atomic E-state index is -2.74. The van der Waals surface area contributed by atoms with Crippen molar-refractivity contribution >= 4 is 5.91 Å². The number of amides is 1. The van der Waals surface area contributed by atoms with Crippen molar-refractivity contribution in [3.8, 4) is 11.1 Å². The minimum absolute atomic E-state index is 0.132. The zero-order valence-corrected chi connectivity index (χ0v) is 15.0. The molecule has 1 aliphatic rings. The molecule has 0 spiro atoms. The average Bonchev–Trinajstić information content (AvgIpc) is 3.26. The topological polar surface area (TPSA) is 59.8 Å². The lowest BCUT2D eigenvalue weighted by molar-refractivity contribution is 0.0566. The van der Waals surface area contributed by atoms with Gasteiger partial charge in [0.1, 0.15) is 11.5 Å². The van der Waals surface area contributed by atoms with E-state index in [1.807, 2.05) is 0 Å². The van der Waals surface area contributed by atoms with Crippen molar-refractivity contribution in [1.29, 1.82) is 0 Å². The van der Waals surface area contributed by atoms with E-state index in [1.165, 1.54) is 30.7 Å². The third kappa shape index (κ3) is 3.26. The summed E-state index contributed by atoms with van der Waals surface area (Å²) in [4.78, 5) is 16.9. The predicted octanol–water partition coefficient (Wildman–Crippen LogP) is 4.21. The standard InChI is InChI=1S/C20H17F3N4O/c1-12-9-24-17(8-14(12)13-10-25-27(11-13)19(22)23)18(28)26-20(6-7-20)15-4-2-3-5-16(15)21/h2-5,8-11,19H,6-7H2,1H3,(H,26,28). The number of nitrogens with one attached hydrogen (secondary N) is 1. The lowest BCUT2D eigenvalue weighted by Crippen LogP contribution is -2.36. The van der Waals surface area contributed by atoms with Crippen molar-refractivity contribution in [3.05, 3.63) is 71.6 Å². The molecule has 144 valence electrons. The van der Waals surface area contributed by atoms with Crippen molar-refractivity contribution in [2.24, 2.45) is 0 Å². The quantitative estimate of drug-likeness (QED) is 0.715. The summed E-state index contributed by atoms with van der Waals surface area (Å²) in [5, 5.41) is 6.51. The monoisotopic (exact) mass is 386 g/mol. The van der Waals surface area contributed by atoms with Gasteiger partial charge in [0, 0.05) is 23.5 Å². The van der Waals surface area contributed by atoms with Gasteiger partial charge in [-0.05, 0) is 43.0 Å². The summed E-state index contributed by atoms with van der Waals surface area (Å²) in [5.74, 6) is -0.805. The zero-order chi connectivity index (χ0) is 19.9. The van der Waals surface area contributed by atoms with Gasteiger partial charge < -0.3 is 5.32 Å². The SMILES string of the molecule is Cc1cnc(C(=O)NC2(c3ccccc3F)CC2)cc1-c1cnn(C(F)F)c1. The van der Waals surface area contributed by atoms with Gasteiger partial charge >= 0.3 is 6.55 Å². The number of pyridine rings is 1. The largest absolute Gasteiger partial charge is 0.341 e. The molecule has 1 N–H and O–H groups in total. The normalized spacial score (nSPS) is 14.9. The van der Waals surface area contributed by atoms with E-state index in [1.54, 1.807) is 25.1 Å². The number of benzene rings is 1. The molecule has 3 aromatic rings. The Kier molecular flexibility index (Phi) is 4.41. The Morgan fingerprint density at radius 2 is 2.00 bits per heavy atom. The van der Waals surface area contributed by atoms with Gasteiger partial charge in [-0.1, -0.05) is 18.2 Å². The highest BCUT2D eigenvalue weighted by atomic mass is 19.3. The maximum Gasteiger partial charge on any atom is 0.333 e. The molecule has 0 bridgehead atoms. The second kappa shape index (κ2) is 6.78. The zero-order valence-electron chi connectivity index (χ0n) is 15.0. The Morgan fingerprint density at radius 1 is 1.25 bits per heavy atom. The number of carbonyl (C=O) groups is 1. The van der Waals surface area contributed by atoms with Crippen LogP contribution in [-0.4, -0.2) is 20.7 Å². The van der Waals surface area contributed by atoms with Crippen LogP contribution in [0.4, 0.5) is 13.2 Å². The number of nitrogens with zero attached hydrogens (tertiary/aromatic N) is 3. The Morgan fingerprint density at radius 3 is 2.64 bits per heavy atom. The van der Waals surface area contributed by atoms with Crippen LogP contribution in [0.1, 0.15) is 41.0 Å². The van der Waals surface area contributed by atoms with E-state index in [4.69, 9.17) is 0 Å². The molecular weight excluding hydrogens is 369 g/mol. The maximum atomic E-state index is 14.1. The number of aromatic nitrogens is 3. The van der Waals surface area contributed by atoms with Gasteiger partial charge in [0.25, 0.3) is 5.91 Å². The molecule has 1 aromatic carbocycles. The Bertz CT molecular complexity index is 1040. The van der Waals surface area contributed by atoms with E-state index in [0.717, 1.165) is 5.56 Å². The highest BCUT2D eigenvalue weighted by molar-refractivity contribution is 5.94. The number of halogens is 3. The van der Waals surface area contributed by atoms with E-state index in [-0.39, 0.29) is 11.5 Å². The smallest absolute Gasteiger partial charge is 0.333 e. The molecular formula is C20H17F3N4O. The summed E-state index contributed by atoms with van der Waals surface area (Å²) in [7, 11) is 0. The van der Waals surface area contributed by atoms with Crippen LogP contribution in [0.5, 0.6) is 0 Å². The van der Waals surface area contributed by atoms with Gasteiger partial charge in [-0.3, -0.25) is 9.78 Å². The van der Waals surface area contributed by atoms with Crippen molar-refractivity contribution in [2.45, 2.75) is 31.9 Å². The molecule has 5 nitrogen and oxygen atoms in total. The number of alkyl halides is 2. The summed E-state index contributed by atoms with van der Waals surface area (Å²) < 4.78 is 40.3. The van der Waals surface area contributed by atoms with Gasteiger partial charge in [-0.25, -0.2) is 9.07 Å². The number of rotatable bonds is 5. The molecule has 1 saturated carbocycles. The first-order valence-electron chi connectivity index (χ1n) is 8.76. The Labute approximate surface area is 159 Å². The van der Waals surface area contributed by atoms with Gasteiger partial charge in [-0.2, -0.15) is 13.9 Å². The van der Waals surface area contributed by atoms with E-state index in [0.29, 0.717) is 34.2 Å². The predicted molar refractivity (Wildman–Crippen MR) is 96.2 cm³/mol. The van der Waals surface area contributed by atoms with Crippen molar-refractivity contribution in [2.75, 3.05) is 0 Å². The second-order valence-electron chi connectivity index (χ2n) is 6.89. The van der Waals surface area contributed by atoms with Crippen LogP contribution in [0.15, 0.2) is 48.9 Å². The van der Waals surface area contributed by atoms with Gasteiger partial charge in [0.15, 0.2) is 0 Å². The van der Waals surface area contributed by atoms with E-state index in [2.05, 4.69) is 15.4 Å². The fourth-order valence-corrected chi connectivity index (χ4v) is 3.26. The molecule has 1 aliphatic carbocycles. The third-order valence-corrected chi connectivity index (χ3v) is 4.94. The molecule has 8 heteroatoms. The van der Waals surface area contributed by atoms with Crippen LogP contribution in [0.3, 0.4) is 0 Å². The van der Waals surface area contributed by atoms with Gasteiger partial charge in [0.05, 0.1) is 11.7 Å². The molecule has 0 aliphatic heterocycles. The molecule has 0 unspecified atom stereocenters. The molecule has 28 heavy (non-hydrogen) atoms.